The quantitative estimate of drug-likeness (QED) is 0.165. The number of anilines is 2. The van der Waals surface area contributed by atoms with Gasteiger partial charge in [0.25, 0.3) is 0 Å². The van der Waals surface area contributed by atoms with Crippen LogP contribution in [0.1, 0.15) is 135 Å². The van der Waals surface area contributed by atoms with Crippen molar-refractivity contribution in [2.45, 2.75) is 161 Å². The van der Waals surface area contributed by atoms with Gasteiger partial charge >= 0.3 is 329 Å². The molecular formula is C46H66Cl2N2PRu. The fourth-order valence-electron chi connectivity index (χ4n) is 12.6. The molecule has 52 heavy (non-hydrogen) atoms. The Morgan fingerprint density at radius 1 is 0.538 bits per heavy atom. The van der Waals surface area contributed by atoms with E-state index in [2.05, 4.69) is 111 Å². The molecule has 0 atom stereocenters. The third-order valence-corrected chi connectivity index (χ3v) is 49.1. The molecule has 0 radical (unpaired) electrons. The third kappa shape index (κ3) is 6.31. The van der Waals surface area contributed by atoms with Gasteiger partial charge in [-0.05, 0) is 0 Å². The zero-order valence-electron chi connectivity index (χ0n) is 33.1. The zero-order valence-corrected chi connectivity index (χ0v) is 37.2. The summed E-state index contributed by atoms with van der Waals surface area (Å²) in [7, 11) is 18.1. The fraction of sp³-hybridized carbons (Fsp3) is 0.587. The first-order valence-corrected chi connectivity index (χ1v) is 30.9. The molecule has 2 nitrogen and oxygen atoms in total. The molecule has 0 aromatic heterocycles. The number of hydrogen-bond donors (Lipinski definition) is 0. The van der Waals surface area contributed by atoms with Crippen molar-refractivity contribution >= 4 is 40.3 Å². The summed E-state index contributed by atoms with van der Waals surface area (Å²) in [5, 5.41) is 0. The molecule has 0 unspecified atom stereocenters. The van der Waals surface area contributed by atoms with Gasteiger partial charge < -0.3 is 0 Å². The minimum atomic E-state index is -3.79. The molecule has 0 amide bonds. The van der Waals surface area contributed by atoms with E-state index in [-0.39, 0.29) is 5.91 Å². The summed E-state index contributed by atoms with van der Waals surface area (Å²) in [6.07, 6.45) is 19.9. The number of hydrogen-bond acceptors (Lipinski definition) is 2. The summed E-state index contributed by atoms with van der Waals surface area (Å²) in [4.78, 5) is 2.72. The van der Waals surface area contributed by atoms with Crippen LogP contribution >= 0.6 is 24.3 Å². The van der Waals surface area contributed by atoms with Gasteiger partial charge in [-0.25, -0.2) is 0 Å². The van der Waals surface area contributed by atoms with Gasteiger partial charge in [-0.3, -0.25) is 0 Å². The van der Waals surface area contributed by atoms with Crippen LogP contribution in [-0.4, -0.2) is 40.6 Å². The summed E-state index contributed by atoms with van der Waals surface area (Å²) < 4.78 is 2.60. The Labute approximate surface area is 327 Å². The van der Waals surface area contributed by atoms with Crippen molar-refractivity contribution in [2.24, 2.45) is 0 Å². The normalized spacial score (nSPS) is 21.7. The number of nitrogens with zero attached hydrogens (tertiary/aromatic N) is 2. The van der Waals surface area contributed by atoms with Crippen LogP contribution in [0, 0.1) is 41.5 Å². The third-order valence-electron chi connectivity index (χ3n) is 14.0. The molecule has 1 saturated heterocycles. The predicted molar refractivity (Wildman–Crippen MR) is 231 cm³/mol. The fourth-order valence-corrected chi connectivity index (χ4v) is 54.5. The summed E-state index contributed by atoms with van der Waals surface area (Å²) in [5.74, 6) is 0.210. The standard InChI is InChI=1S/C39H60N2P.C7H6.2ClH.Ru/c1-28-24-30(3)37(31(4)25-28)40-22-23-41(38-32(5)26-29(2)27-33(38)6)39(40)42(34-16-10-7-11-17-34,35-18-12-8-13-19-35)36-20-14-9-15-21-36;1-7-5-3-2-4-6-7;;;/h24-27,34-36,39H,7-23H2,1-6H3;1-6H;2*1H;/q+1;;;;+1/p-2. The summed E-state index contributed by atoms with van der Waals surface area (Å²) >= 11 is -3.79. The summed E-state index contributed by atoms with van der Waals surface area (Å²) in [6, 6.07) is 21.0. The van der Waals surface area contributed by atoms with Crippen LogP contribution in [0.3, 0.4) is 0 Å². The van der Waals surface area contributed by atoms with Gasteiger partial charge in [0.05, 0.1) is 0 Å². The van der Waals surface area contributed by atoms with Gasteiger partial charge in [-0.1, -0.05) is 0 Å². The summed E-state index contributed by atoms with van der Waals surface area (Å²) in [5.41, 5.74) is 14.4. The number of halogens is 2. The number of aryl methyl sites for hydroxylation is 6. The molecule has 7 rings (SSSR count). The van der Waals surface area contributed by atoms with Crippen molar-refractivity contribution in [3.63, 3.8) is 0 Å². The van der Waals surface area contributed by atoms with Crippen molar-refractivity contribution < 1.29 is 11.9 Å². The van der Waals surface area contributed by atoms with Crippen LogP contribution in [0.25, 0.3) is 0 Å². The Balaban J connectivity index is 1.69. The average molecular weight is 850 g/mol. The van der Waals surface area contributed by atoms with E-state index >= 15 is 0 Å². The molecule has 6 heteroatoms. The number of benzene rings is 3. The molecule has 3 aromatic rings. The Kier molecular flexibility index (Phi) is 11.8. The van der Waals surface area contributed by atoms with E-state index in [1.54, 1.807) is 0 Å². The van der Waals surface area contributed by atoms with Gasteiger partial charge in [0.15, 0.2) is 0 Å². The van der Waals surface area contributed by atoms with E-state index in [0.717, 1.165) is 13.1 Å². The topological polar surface area (TPSA) is 6.48 Å². The van der Waals surface area contributed by atoms with Crippen LogP contribution in [0.2, 0.25) is 0 Å². The molecule has 4 aliphatic rings. The average Bonchev–Trinajstić information content (AvgIpc) is 3.54. The van der Waals surface area contributed by atoms with Crippen LogP contribution in [0.5, 0.6) is 0 Å². The molecule has 1 heterocycles. The van der Waals surface area contributed by atoms with Crippen molar-refractivity contribution in [3.8, 4) is 0 Å². The van der Waals surface area contributed by atoms with Gasteiger partial charge in [0, 0.05) is 0 Å². The second-order valence-electron chi connectivity index (χ2n) is 17.3. The Morgan fingerprint density at radius 2 is 0.885 bits per heavy atom. The van der Waals surface area contributed by atoms with E-state index in [4.69, 9.17) is 19.4 Å². The van der Waals surface area contributed by atoms with Crippen LogP contribution in [0.15, 0.2) is 54.6 Å². The van der Waals surface area contributed by atoms with E-state index < -0.39 is 16.8 Å². The SMILES string of the molecule is Cc1cc(C)c(N2CCN(c3c(C)cc(C)cc3C)C2[P](C2CCCCC2)(C2CCCCC2)(C2CCCCC2)[Ru]([Cl])([Cl])=[CH]c2ccccc2)c(C)c1. The molecule has 3 aliphatic carbocycles. The van der Waals surface area contributed by atoms with Gasteiger partial charge in [-0.15, -0.1) is 0 Å². The molecule has 3 aromatic carbocycles. The summed E-state index contributed by atoms with van der Waals surface area (Å²) in [6.45, 7) is 16.2. The molecule has 0 bridgehead atoms. The molecule has 287 valence electrons. The van der Waals surface area contributed by atoms with Crippen molar-refractivity contribution in [1.82, 2.24) is 0 Å². The van der Waals surface area contributed by atoms with Crippen LogP contribution in [-0.2, 0) is 11.9 Å². The molecule has 1 aliphatic heterocycles. The van der Waals surface area contributed by atoms with E-state index in [0.29, 0.717) is 17.0 Å². The van der Waals surface area contributed by atoms with E-state index in [1.165, 1.54) is 147 Å². The second kappa shape index (κ2) is 15.7. The van der Waals surface area contributed by atoms with Gasteiger partial charge in [0.1, 0.15) is 0 Å². The Bertz CT molecular complexity index is 1620. The maximum atomic E-state index is 9.03. The predicted octanol–water partition coefficient (Wildman–Crippen LogP) is 13.9. The molecule has 0 N–H and O–H groups in total. The molecule has 4 fully saturated rings. The van der Waals surface area contributed by atoms with Crippen molar-refractivity contribution in [1.29, 1.82) is 0 Å². The first kappa shape index (κ1) is 39.0. The first-order chi connectivity index (χ1) is 25.0. The molecule has 0 spiro atoms. The monoisotopic (exact) mass is 849 g/mol. The first-order valence-electron chi connectivity index (χ1n) is 20.7. The van der Waals surface area contributed by atoms with Crippen LogP contribution in [0.4, 0.5) is 11.4 Å². The van der Waals surface area contributed by atoms with E-state index in [9.17, 15) is 0 Å². The zero-order chi connectivity index (χ0) is 36.7. The molecular weight excluding hydrogens is 783 g/mol. The van der Waals surface area contributed by atoms with E-state index in [1.807, 2.05) is 0 Å². The Morgan fingerprint density at radius 3 is 1.23 bits per heavy atom. The van der Waals surface area contributed by atoms with Gasteiger partial charge in [0.2, 0.25) is 0 Å². The van der Waals surface area contributed by atoms with Gasteiger partial charge in [-0.2, -0.15) is 0 Å². The second-order valence-corrected chi connectivity index (χ2v) is 41.3. The minimum absolute atomic E-state index is 0.210. The molecule has 3 saturated carbocycles. The van der Waals surface area contributed by atoms with Crippen LogP contribution < -0.4 is 9.80 Å². The van der Waals surface area contributed by atoms with Crippen molar-refractivity contribution in [3.05, 3.63) is 93.5 Å². The van der Waals surface area contributed by atoms with Crippen molar-refractivity contribution in [2.75, 3.05) is 22.9 Å². The Hall–Kier alpha value is -1.24. The maximum absolute atomic E-state index is 9.03. The number of rotatable bonds is 8.